The summed E-state index contributed by atoms with van der Waals surface area (Å²) in [6.45, 7) is 2.52. The zero-order valence-corrected chi connectivity index (χ0v) is 17.9. The van der Waals surface area contributed by atoms with Crippen molar-refractivity contribution in [2.75, 3.05) is 20.3 Å². The Morgan fingerprint density at radius 3 is 2.61 bits per heavy atom. The van der Waals surface area contributed by atoms with Crippen molar-refractivity contribution in [1.29, 1.82) is 0 Å². The predicted octanol–water partition coefficient (Wildman–Crippen LogP) is 4.84. The molecule has 1 aliphatic rings. The zero-order chi connectivity index (χ0) is 21.6. The molecule has 31 heavy (non-hydrogen) atoms. The molecule has 1 amide bonds. The van der Waals surface area contributed by atoms with Gasteiger partial charge in [0.2, 0.25) is 5.91 Å². The second-order valence-corrected chi connectivity index (χ2v) is 8.22. The second-order valence-electron chi connectivity index (χ2n) is 8.22. The predicted molar refractivity (Wildman–Crippen MR) is 119 cm³/mol. The summed E-state index contributed by atoms with van der Waals surface area (Å²) in [4.78, 5) is 15.3. The highest BCUT2D eigenvalue weighted by Crippen LogP contribution is 2.48. The Balaban J connectivity index is 1.45. The number of carbonyl (C=O) groups excluding carboxylic acids is 1. The molecule has 162 valence electrons. The molecule has 4 nitrogen and oxygen atoms in total. The standard InChI is InChI=1S/C26H29FN2O2/c1-31-16-6-15-29(26(30)25-17-24(25)21-7-3-2-4-8-21)19-23-9-5-14-28(23)18-20-10-12-22(27)13-11-20/h2-5,7-14,24-25H,6,15-19H2,1H3/t24-,25-/m0/s1. The summed E-state index contributed by atoms with van der Waals surface area (Å²) in [5.41, 5.74) is 3.35. The third-order valence-electron chi connectivity index (χ3n) is 5.97. The lowest BCUT2D eigenvalue weighted by Gasteiger charge is -2.24. The molecule has 0 N–H and O–H groups in total. The molecule has 1 heterocycles. The van der Waals surface area contributed by atoms with Crippen molar-refractivity contribution >= 4 is 5.91 Å². The molecular weight excluding hydrogens is 391 g/mol. The summed E-state index contributed by atoms with van der Waals surface area (Å²) in [7, 11) is 1.69. The maximum absolute atomic E-state index is 13.4. The van der Waals surface area contributed by atoms with Crippen molar-refractivity contribution in [3.63, 3.8) is 0 Å². The number of halogens is 1. The van der Waals surface area contributed by atoms with Crippen LogP contribution in [0, 0.1) is 11.7 Å². The van der Waals surface area contributed by atoms with Gasteiger partial charge in [-0.05, 0) is 54.2 Å². The lowest BCUT2D eigenvalue weighted by Crippen LogP contribution is -2.34. The van der Waals surface area contributed by atoms with Gasteiger partial charge in [-0.15, -0.1) is 0 Å². The van der Waals surface area contributed by atoms with Crippen LogP contribution in [0.3, 0.4) is 0 Å². The molecule has 4 rings (SSSR count). The quantitative estimate of drug-likeness (QED) is 0.440. The molecule has 1 saturated carbocycles. The number of methoxy groups -OCH3 is 1. The van der Waals surface area contributed by atoms with Crippen LogP contribution in [0.5, 0.6) is 0 Å². The van der Waals surface area contributed by atoms with Crippen molar-refractivity contribution in [2.45, 2.75) is 31.8 Å². The number of rotatable bonds is 10. The summed E-state index contributed by atoms with van der Waals surface area (Å²) in [6.07, 6.45) is 3.74. The first-order valence-electron chi connectivity index (χ1n) is 10.9. The third kappa shape index (κ3) is 5.42. The van der Waals surface area contributed by atoms with E-state index in [0.717, 1.165) is 24.1 Å². The first-order chi connectivity index (χ1) is 15.2. The summed E-state index contributed by atoms with van der Waals surface area (Å²) >= 11 is 0. The summed E-state index contributed by atoms with van der Waals surface area (Å²) in [5.74, 6) is 0.373. The SMILES string of the molecule is COCCCN(Cc1cccn1Cc1ccc(F)cc1)C(=O)[C@H]1C[C@H]1c1ccccc1. The molecule has 0 radical (unpaired) electrons. The van der Waals surface area contributed by atoms with Crippen molar-refractivity contribution < 1.29 is 13.9 Å². The van der Waals surface area contributed by atoms with Gasteiger partial charge < -0.3 is 14.2 Å². The Labute approximate surface area is 183 Å². The molecule has 1 aliphatic carbocycles. The highest BCUT2D eigenvalue weighted by Gasteiger charge is 2.45. The van der Waals surface area contributed by atoms with E-state index in [1.807, 2.05) is 35.4 Å². The summed E-state index contributed by atoms with van der Waals surface area (Å²) in [6, 6.07) is 20.9. The Bertz CT molecular complexity index is 984. The molecule has 0 saturated heterocycles. The van der Waals surface area contributed by atoms with Crippen LogP contribution in [0.2, 0.25) is 0 Å². The van der Waals surface area contributed by atoms with E-state index in [0.29, 0.717) is 32.2 Å². The van der Waals surface area contributed by atoms with E-state index in [-0.39, 0.29) is 17.6 Å². The number of aromatic nitrogens is 1. The lowest BCUT2D eigenvalue weighted by molar-refractivity contribution is -0.133. The van der Waals surface area contributed by atoms with E-state index in [1.54, 1.807) is 19.2 Å². The van der Waals surface area contributed by atoms with Crippen molar-refractivity contribution in [1.82, 2.24) is 9.47 Å². The molecular formula is C26H29FN2O2. The normalized spacial score (nSPS) is 17.5. The molecule has 3 aromatic rings. The molecule has 2 aromatic carbocycles. The van der Waals surface area contributed by atoms with E-state index in [1.165, 1.54) is 17.7 Å². The maximum Gasteiger partial charge on any atom is 0.226 e. The number of nitrogens with zero attached hydrogens (tertiary/aromatic N) is 2. The number of ether oxygens (including phenoxy) is 1. The van der Waals surface area contributed by atoms with Gasteiger partial charge in [0.1, 0.15) is 5.82 Å². The fourth-order valence-corrected chi connectivity index (χ4v) is 4.17. The number of hydrogen-bond donors (Lipinski definition) is 0. The van der Waals surface area contributed by atoms with Gasteiger partial charge in [-0.2, -0.15) is 0 Å². The Hall–Kier alpha value is -2.92. The molecule has 0 unspecified atom stereocenters. The van der Waals surface area contributed by atoms with Gasteiger partial charge in [0, 0.05) is 44.6 Å². The smallest absolute Gasteiger partial charge is 0.226 e. The second kappa shape index (κ2) is 9.92. The molecule has 1 fully saturated rings. The average molecular weight is 421 g/mol. The number of benzene rings is 2. The van der Waals surface area contributed by atoms with Crippen LogP contribution in [-0.4, -0.2) is 35.6 Å². The monoisotopic (exact) mass is 420 g/mol. The van der Waals surface area contributed by atoms with Gasteiger partial charge in [-0.3, -0.25) is 4.79 Å². The van der Waals surface area contributed by atoms with Gasteiger partial charge in [0.15, 0.2) is 0 Å². The Kier molecular flexibility index (Phi) is 6.82. The summed E-state index contributed by atoms with van der Waals surface area (Å²) in [5, 5.41) is 0. The van der Waals surface area contributed by atoms with Crippen LogP contribution < -0.4 is 0 Å². The summed E-state index contributed by atoms with van der Waals surface area (Å²) < 4.78 is 20.6. The average Bonchev–Trinajstić information content (AvgIpc) is 3.48. The molecule has 5 heteroatoms. The van der Waals surface area contributed by atoms with Crippen LogP contribution in [0.1, 0.15) is 35.6 Å². The van der Waals surface area contributed by atoms with E-state index in [9.17, 15) is 9.18 Å². The van der Waals surface area contributed by atoms with Gasteiger partial charge in [0.05, 0.1) is 6.54 Å². The first kappa shape index (κ1) is 21.3. The van der Waals surface area contributed by atoms with E-state index < -0.39 is 0 Å². The fraction of sp³-hybridized carbons (Fsp3) is 0.346. The van der Waals surface area contributed by atoms with Crippen LogP contribution in [0.4, 0.5) is 4.39 Å². The maximum atomic E-state index is 13.4. The topological polar surface area (TPSA) is 34.5 Å². The van der Waals surface area contributed by atoms with E-state index >= 15 is 0 Å². The van der Waals surface area contributed by atoms with Gasteiger partial charge in [-0.25, -0.2) is 4.39 Å². The highest BCUT2D eigenvalue weighted by molar-refractivity contribution is 5.83. The number of hydrogen-bond acceptors (Lipinski definition) is 2. The van der Waals surface area contributed by atoms with Crippen LogP contribution in [-0.2, 0) is 22.6 Å². The van der Waals surface area contributed by atoms with E-state index in [4.69, 9.17) is 4.74 Å². The minimum Gasteiger partial charge on any atom is -0.385 e. The number of amides is 1. The number of carbonyl (C=O) groups is 1. The van der Waals surface area contributed by atoms with Crippen LogP contribution in [0.15, 0.2) is 72.9 Å². The van der Waals surface area contributed by atoms with Crippen LogP contribution in [0.25, 0.3) is 0 Å². The van der Waals surface area contributed by atoms with Gasteiger partial charge >= 0.3 is 0 Å². The Morgan fingerprint density at radius 2 is 1.87 bits per heavy atom. The Morgan fingerprint density at radius 1 is 1.10 bits per heavy atom. The first-order valence-corrected chi connectivity index (χ1v) is 10.9. The van der Waals surface area contributed by atoms with E-state index in [2.05, 4.69) is 22.8 Å². The van der Waals surface area contributed by atoms with Gasteiger partial charge in [-0.1, -0.05) is 42.5 Å². The fourth-order valence-electron chi connectivity index (χ4n) is 4.17. The molecule has 0 spiro atoms. The molecule has 0 aliphatic heterocycles. The lowest BCUT2D eigenvalue weighted by atomic mass is 10.1. The van der Waals surface area contributed by atoms with Crippen molar-refractivity contribution in [2.24, 2.45) is 5.92 Å². The highest BCUT2D eigenvalue weighted by atomic mass is 19.1. The third-order valence-corrected chi connectivity index (χ3v) is 5.97. The minimum atomic E-state index is -0.233. The van der Waals surface area contributed by atoms with Crippen molar-refractivity contribution in [3.8, 4) is 0 Å². The zero-order valence-electron chi connectivity index (χ0n) is 17.9. The van der Waals surface area contributed by atoms with Gasteiger partial charge in [0.25, 0.3) is 0 Å². The van der Waals surface area contributed by atoms with Crippen LogP contribution >= 0.6 is 0 Å². The molecule has 0 bridgehead atoms. The largest absolute Gasteiger partial charge is 0.385 e. The minimum absolute atomic E-state index is 0.0606. The molecule has 1 aromatic heterocycles. The molecule has 2 atom stereocenters. The van der Waals surface area contributed by atoms with Crippen molar-refractivity contribution in [3.05, 3.63) is 95.6 Å².